The van der Waals surface area contributed by atoms with E-state index in [4.69, 9.17) is 0 Å². The van der Waals surface area contributed by atoms with Crippen molar-refractivity contribution in [3.8, 4) is 0 Å². The number of tetrazole rings is 1. The fourth-order valence-electron chi connectivity index (χ4n) is 3.05. The van der Waals surface area contributed by atoms with E-state index in [1.165, 1.54) is 12.8 Å². The minimum atomic E-state index is -0.0952. The maximum Gasteiger partial charge on any atom is 0.295 e. The lowest BCUT2D eigenvalue weighted by Gasteiger charge is -2.38. The van der Waals surface area contributed by atoms with Crippen LogP contribution in [0.15, 0.2) is 0 Å². The lowest BCUT2D eigenvalue weighted by Crippen LogP contribution is -2.52. The van der Waals surface area contributed by atoms with E-state index in [1.807, 2.05) is 4.90 Å². The first-order valence-corrected chi connectivity index (χ1v) is 6.64. The van der Waals surface area contributed by atoms with Crippen LogP contribution in [-0.2, 0) is 0 Å². The lowest BCUT2D eigenvalue weighted by molar-refractivity contribution is 0.0551. The van der Waals surface area contributed by atoms with E-state index in [0.717, 1.165) is 32.4 Å². The van der Waals surface area contributed by atoms with Gasteiger partial charge in [-0.1, -0.05) is 0 Å². The summed E-state index contributed by atoms with van der Waals surface area (Å²) in [4.78, 5) is 14.3. The molecule has 2 fully saturated rings. The predicted octanol–water partition coefficient (Wildman–Crippen LogP) is -0.0536. The summed E-state index contributed by atoms with van der Waals surface area (Å²) < 4.78 is 0. The van der Waals surface area contributed by atoms with Crippen LogP contribution in [0.3, 0.4) is 0 Å². The zero-order valence-corrected chi connectivity index (χ0v) is 10.3. The fraction of sp³-hybridized carbons (Fsp3) is 0.818. The van der Waals surface area contributed by atoms with Crippen molar-refractivity contribution >= 4 is 5.91 Å². The molecule has 7 nitrogen and oxygen atoms in total. The molecule has 1 aromatic heterocycles. The summed E-state index contributed by atoms with van der Waals surface area (Å²) in [5.74, 6) is 0.0852. The van der Waals surface area contributed by atoms with Crippen LogP contribution in [0.5, 0.6) is 0 Å². The van der Waals surface area contributed by atoms with Gasteiger partial charge >= 0.3 is 0 Å². The quantitative estimate of drug-likeness (QED) is 0.768. The van der Waals surface area contributed by atoms with Crippen LogP contribution in [0.25, 0.3) is 0 Å². The molecule has 2 N–H and O–H groups in total. The molecule has 0 saturated carbocycles. The molecular formula is C11H18N6O. The Balaban J connectivity index is 1.76. The molecule has 2 saturated heterocycles. The molecule has 0 aliphatic carbocycles. The summed E-state index contributed by atoms with van der Waals surface area (Å²) >= 11 is 0. The van der Waals surface area contributed by atoms with E-state index in [9.17, 15) is 4.79 Å². The van der Waals surface area contributed by atoms with E-state index in [1.54, 1.807) is 0 Å². The topological polar surface area (TPSA) is 86.8 Å². The Kier molecular flexibility index (Phi) is 3.22. The van der Waals surface area contributed by atoms with Crippen molar-refractivity contribution in [1.82, 2.24) is 30.8 Å². The molecule has 18 heavy (non-hydrogen) atoms. The molecule has 1 amide bonds. The summed E-state index contributed by atoms with van der Waals surface area (Å²) in [5, 5.41) is 16.9. The van der Waals surface area contributed by atoms with Crippen LogP contribution in [0.4, 0.5) is 0 Å². The van der Waals surface area contributed by atoms with Gasteiger partial charge in [0, 0.05) is 18.6 Å². The summed E-state index contributed by atoms with van der Waals surface area (Å²) in [6.45, 7) is 1.86. The van der Waals surface area contributed by atoms with Crippen molar-refractivity contribution in [3.63, 3.8) is 0 Å². The molecule has 0 spiro atoms. The summed E-state index contributed by atoms with van der Waals surface area (Å²) in [5.41, 5.74) is 0. The molecule has 0 radical (unpaired) electrons. The highest BCUT2D eigenvalue weighted by molar-refractivity contribution is 5.90. The second-order valence-corrected chi connectivity index (χ2v) is 5.00. The number of amides is 1. The van der Waals surface area contributed by atoms with E-state index in [2.05, 4.69) is 25.9 Å². The van der Waals surface area contributed by atoms with Gasteiger partial charge in [0.25, 0.3) is 11.7 Å². The minimum Gasteiger partial charge on any atom is -0.331 e. The number of likely N-dealkylation sites (tertiary alicyclic amines) is 1. The van der Waals surface area contributed by atoms with Gasteiger partial charge in [0.1, 0.15) is 0 Å². The predicted molar refractivity (Wildman–Crippen MR) is 63.9 cm³/mol. The SMILES string of the molecule is O=C(c1nn[nH]n1)N1CCCCC1C1CCCN1. The average Bonchev–Trinajstić information content (AvgIpc) is 3.11. The van der Waals surface area contributed by atoms with Gasteiger partial charge in [-0.25, -0.2) is 0 Å². The van der Waals surface area contributed by atoms with Gasteiger partial charge in [0.05, 0.1) is 0 Å². The van der Waals surface area contributed by atoms with Crippen molar-refractivity contribution in [2.75, 3.05) is 13.1 Å². The highest BCUT2D eigenvalue weighted by Crippen LogP contribution is 2.25. The summed E-state index contributed by atoms with van der Waals surface area (Å²) in [6.07, 6.45) is 5.68. The van der Waals surface area contributed by atoms with Crippen molar-refractivity contribution in [2.24, 2.45) is 0 Å². The molecule has 2 aliphatic heterocycles. The van der Waals surface area contributed by atoms with Gasteiger partial charge in [-0.3, -0.25) is 4.79 Å². The highest BCUT2D eigenvalue weighted by atomic mass is 16.2. The second-order valence-electron chi connectivity index (χ2n) is 5.00. The fourth-order valence-corrected chi connectivity index (χ4v) is 3.05. The van der Waals surface area contributed by atoms with Crippen molar-refractivity contribution in [1.29, 1.82) is 0 Å². The normalized spacial score (nSPS) is 28.6. The third-order valence-corrected chi connectivity index (χ3v) is 3.91. The molecule has 3 rings (SSSR count). The number of hydrogen-bond acceptors (Lipinski definition) is 5. The number of carbonyl (C=O) groups is 1. The zero-order chi connectivity index (χ0) is 12.4. The number of H-pyrrole nitrogens is 1. The Morgan fingerprint density at radius 2 is 2.22 bits per heavy atom. The Morgan fingerprint density at radius 3 is 2.94 bits per heavy atom. The molecule has 1 aromatic rings. The first-order chi connectivity index (χ1) is 8.86. The lowest BCUT2D eigenvalue weighted by atomic mass is 9.94. The van der Waals surface area contributed by atoms with Crippen LogP contribution in [0.2, 0.25) is 0 Å². The molecule has 2 atom stereocenters. The van der Waals surface area contributed by atoms with Crippen LogP contribution in [-0.4, -0.2) is 56.6 Å². The first-order valence-electron chi connectivity index (χ1n) is 6.64. The number of piperidine rings is 1. The van der Waals surface area contributed by atoms with Crippen LogP contribution < -0.4 is 5.32 Å². The smallest absolute Gasteiger partial charge is 0.295 e. The maximum atomic E-state index is 12.3. The molecule has 0 bridgehead atoms. The Hall–Kier alpha value is -1.50. The Labute approximate surface area is 105 Å². The van der Waals surface area contributed by atoms with E-state index in [0.29, 0.717) is 6.04 Å². The molecule has 3 heterocycles. The van der Waals surface area contributed by atoms with Gasteiger partial charge in [0.2, 0.25) is 0 Å². The Morgan fingerprint density at radius 1 is 1.28 bits per heavy atom. The van der Waals surface area contributed by atoms with Gasteiger partial charge < -0.3 is 10.2 Å². The van der Waals surface area contributed by atoms with Gasteiger partial charge in [-0.15, -0.1) is 10.2 Å². The van der Waals surface area contributed by atoms with Crippen LogP contribution in [0.1, 0.15) is 42.7 Å². The molecule has 2 aliphatic rings. The minimum absolute atomic E-state index is 0.0952. The molecule has 7 heteroatoms. The number of aromatic nitrogens is 4. The number of hydrogen-bond donors (Lipinski definition) is 2. The molecule has 2 unspecified atom stereocenters. The van der Waals surface area contributed by atoms with Crippen molar-refractivity contribution in [2.45, 2.75) is 44.2 Å². The van der Waals surface area contributed by atoms with Crippen LogP contribution in [0, 0.1) is 0 Å². The van der Waals surface area contributed by atoms with E-state index < -0.39 is 0 Å². The third kappa shape index (κ3) is 2.10. The van der Waals surface area contributed by atoms with Gasteiger partial charge in [0.15, 0.2) is 0 Å². The van der Waals surface area contributed by atoms with Gasteiger partial charge in [-0.2, -0.15) is 5.21 Å². The Bertz CT molecular complexity index is 400. The average molecular weight is 250 g/mol. The zero-order valence-electron chi connectivity index (χ0n) is 10.3. The second kappa shape index (κ2) is 5.01. The monoisotopic (exact) mass is 250 g/mol. The number of carbonyl (C=O) groups excluding carboxylic acids is 1. The summed E-state index contributed by atoms with van der Waals surface area (Å²) in [7, 11) is 0. The highest BCUT2D eigenvalue weighted by Gasteiger charge is 2.35. The molecular weight excluding hydrogens is 232 g/mol. The van der Waals surface area contributed by atoms with Crippen molar-refractivity contribution < 1.29 is 4.79 Å². The molecule has 98 valence electrons. The van der Waals surface area contributed by atoms with Crippen LogP contribution >= 0.6 is 0 Å². The van der Waals surface area contributed by atoms with Gasteiger partial charge in [-0.05, 0) is 43.9 Å². The number of nitrogens with zero attached hydrogens (tertiary/aromatic N) is 4. The van der Waals surface area contributed by atoms with E-state index >= 15 is 0 Å². The number of aromatic amines is 1. The largest absolute Gasteiger partial charge is 0.331 e. The van der Waals surface area contributed by atoms with Crippen molar-refractivity contribution in [3.05, 3.63) is 5.82 Å². The standard InChI is InChI=1S/C11H18N6O/c18-11(10-13-15-16-14-10)17-7-2-1-5-9(17)8-4-3-6-12-8/h8-9,12H,1-7H2,(H,13,14,15,16). The number of rotatable bonds is 2. The number of nitrogens with one attached hydrogen (secondary N) is 2. The first kappa shape index (κ1) is 11.6. The maximum absolute atomic E-state index is 12.3. The molecule has 0 aromatic carbocycles. The van der Waals surface area contributed by atoms with E-state index in [-0.39, 0.29) is 17.8 Å². The third-order valence-electron chi connectivity index (χ3n) is 3.91. The summed E-state index contributed by atoms with van der Waals surface area (Å²) in [6, 6.07) is 0.716.